The SMILES string of the molecule is CC(NC1CCC(O)CC1)C(c1ccccc1)N1CCOCC1. The molecule has 1 aliphatic heterocycles. The summed E-state index contributed by atoms with van der Waals surface area (Å²) in [5, 5.41) is 13.5. The first-order valence-corrected chi connectivity index (χ1v) is 9.05. The van der Waals surface area contributed by atoms with Gasteiger partial charge in [0, 0.05) is 25.2 Å². The highest BCUT2D eigenvalue weighted by molar-refractivity contribution is 5.21. The van der Waals surface area contributed by atoms with Crippen LogP contribution in [0.3, 0.4) is 0 Å². The van der Waals surface area contributed by atoms with E-state index in [1.165, 1.54) is 5.56 Å². The second kappa shape index (κ2) is 8.25. The summed E-state index contributed by atoms with van der Waals surface area (Å²) in [7, 11) is 0. The molecule has 0 spiro atoms. The van der Waals surface area contributed by atoms with Crippen LogP contribution in [0.15, 0.2) is 30.3 Å². The predicted octanol–water partition coefficient (Wildman–Crippen LogP) is 2.34. The summed E-state index contributed by atoms with van der Waals surface area (Å²) in [6.45, 7) is 5.94. The van der Waals surface area contributed by atoms with Crippen LogP contribution in [0.25, 0.3) is 0 Å². The number of aliphatic hydroxyl groups is 1. The van der Waals surface area contributed by atoms with E-state index < -0.39 is 0 Å². The minimum absolute atomic E-state index is 0.0903. The molecule has 2 atom stereocenters. The predicted molar refractivity (Wildman–Crippen MR) is 92.4 cm³/mol. The van der Waals surface area contributed by atoms with Gasteiger partial charge in [-0.3, -0.25) is 4.90 Å². The van der Waals surface area contributed by atoms with Crippen LogP contribution in [0.4, 0.5) is 0 Å². The molecule has 4 nitrogen and oxygen atoms in total. The molecule has 23 heavy (non-hydrogen) atoms. The average molecular weight is 318 g/mol. The van der Waals surface area contributed by atoms with Crippen molar-refractivity contribution in [2.24, 2.45) is 0 Å². The van der Waals surface area contributed by atoms with Crippen LogP contribution in [0, 0.1) is 0 Å². The molecular formula is C19H30N2O2. The molecule has 1 aliphatic carbocycles. The summed E-state index contributed by atoms with van der Waals surface area (Å²) in [5.41, 5.74) is 1.38. The van der Waals surface area contributed by atoms with Crippen molar-refractivity contribution in [2.45, 2.75) is 56.8 Å². The quantitative estimate of drug-likeness (QED) is 0.875. The lowest BCUT2D eigenvalue weighted by Gasteiger charge is -2.40. The third-order valence-electron chi connectivity index (χ3n) is 5.25. The van der Waals surface area contributed by atoms with Gasteiger partial charge in [0.05, 0.1) is 25.4 Å². The van der Waals surface area contributed by atoms with Gasteiger partial charge in [0.1, 0.15) is 0 Å². The van der Waals surface area contributed by atoms with E-state index in [0.717, 1.165) is 52.0 Å². The number of rotatable bonds is 5. The highest BCUT2D eigenvalue weighted by Crippen LogP contribution is 2.27. The second-order valence-corrected chi connectivity index (χ2v) is 6.96. The van der Waals surface area contributed by atoms with Gasteiger partial charge >= 0.3 is 0 Å². The maximum atomic E-state index is 9.70. The van der Waals surface area contributed by atoms with E-state index in [1.54, 1.807) is 0 Å². The Morgan fingerprint density at radius 1 is 1.09 bits per heavy atom. The Hall–Kier alpha value is -0.940. The van der Waals surface area contributed by atoms with Gasteiger partial charge < -0.3 is 15.2 Å². The van der Waals surface area contributed by atoms with E-state index in [9.17, 15) is 5.11 Å². The van der Waals surface area contributed by atoms with Gasteiger partial charge in [-0.15, -0.1) is 0 Å². The number of morpholine rings is 1. The van der Waals surface area contributed by atoms with Crippen molar-refractivity contribution in [1.29, 1.82) is 0 Å². The first kappa shape index (κ1) is 16.9. The summed E-state index contributed by atoms with van der Waals surface area (Å²) < 4.78 is 5.54. The molecule has 4 heteroatoms. The second-order valence-electron chi connectivity index (χ2n) is 6.96. The fraction of sp³-hybridized carbons (Fsp3) is 0.684. The topological polar surface area (TPSA) is 44.7 Å². The van der Waals surface area contributed by atoms with Crippen molar-refractivity contribution >= 4 is 0 Å². The van der Waals surface area contributed by atoms with E-state index in [-0.39, 0.29) is 6.10 Å². The number of nitrogens with one attached hydrogen (secondary N) is 1. The minimum Gasteiger partial charge on any atom is -0.393 e. The molecule has 1 heterocycles. The molecule has 0 amide bonds. The monoisotopic (exact) mass is 318 g/mol. The maximum Gasteiger partial charge on any atom is 0.0594 e. The molecule has 1 saturated carbocycles. The zero-order valence-corrected chi connectivity index (χ0v) is 14.2. The van der Waals surface area contributed by atoms with Crippen LogP contribution in [0.5, 0.6) is 0 Å². The van der Waals surface area contributed by atoms with Gasteiger partial charge in [-0.25, -0.2) is 0 Å². The summed E-state index contributed by atoms with van der Waals surface area (Å²) >= 11 is 0. The molecule has 1 aromatic carbocycles. The molecule has 0 aromatic heterocycles. The Kier molecular flexibility index (Phi) is 6.06. The number of aliphatic hydroxyl groups excluding tert-OH is 1. The molecule has 2 fully saturated rings. The van der Waals surface area contributed by atoms with Gasteiger partial charge in [-0.1, -0.05) is 30.3 Å². The third-order valence-corrected chi connectivity index (χ3v) is 5.25. The van der Waals surface area contributed by atoms with E-state index in [4.69, 9.17) is 4.74 Å². The normalized spacial score (nSPS) is 29.1. The van der Waals surface area contributed by atoms with E-state index in [2.05, 4.69) is 47.5 Å². The Labute approximate surface area is 139 Å². The van der Waals surface area contributed by atoms with Crippen LogP contribution in [-0.4, -0.2) is 54.5 Å². The molecule has 3 rings (SSSR count). The van der Waals surface area contributed by atoms with Crippen LogP contribution in [-0.2, 0) is 4.74 Å². The first-order valence-electron chi connectivity index (χ1n) is 9.05. The average Bonchev–Trinajstić information content (AvgIpc) is 2.59. The third kappa shape index (κ3) is 4.54. The number of nitrogens with zero attached hydrogens (tertiary/aromatic N) is 1. The number of hydrogen-bond donors (Lipinski definition) is 2. The summed E-state index contributed by atoms with van der Waals surface area (Å²) in [5.74, 6) is 0. The number of ether oxygens (including phenoxy) is 1. The van der Waals surface area contributed by atoms with Crippen molar-refractivity contribution in [3.05, 3.63) is 35.9 Å². The standard InChI is InChI=1S/C19H30N2O2/c1-15(20-17-7-9-18(22)10-8-17)19(16-5-3-2-4-6-16)21-11-13-23-14-12-21/h2-6,15,17-20,22H,7-14H2,1H3. The minimum atomic E-state index is -0.0903. The summed E-state index contributed by atoms with van der Waals surface area (Å²) in [6.07, 6.45) is 3.93. The summed E-state index contributed by atoms with van der Waals surface area (Å²) in [4.78, 5) is 2.55. The van der Waals surface area contributed by atoms with Crippen LogP contribution >= 0.6 is 0 Å². The van der Waals surface area contributed by atoms with Crippen molar-refractivity contribution in [3.8, 4) is 0 Å². The van der Waals surface area contributed by atoms with E-state index in [1.807, 2.05) is 0 Å². The molecule has 2 aliphatic rings. The number of benzene rings is 1. The highest BCUT2D eigenvalue weighted by Gasteiger charge is 2.30. The highest BCUT2D eigenvalue weighted by atomic mass is 16.5. The molecule has 0 bridgehead atoms. The smallest absolute Gasteiger partial charge is 0.0594 e. The Morgan fingerprint density at radius 2 is 1.74 bits per heavy atom. The van der Waals surface area contributed by atoms with Crippen molar-refractivity contribution < 1.29 is 9.84 Å². The van der Waals surface area contributed by atoms with Gasteiger partial charge in [0.2, 0.25) is 0 Å². The maximum absolute atomic E-state index is 9.70. The van der Waals surface area contributed by atoms with E-state index >= 15 is 0 Å². The fourth-order valence-electron chi connectivity index (χ4n) is 4.03. The Bertz CT molecular complexity index is 454. The lowest BCUT2D eigenvalue weighted by molar-refractivity contribution is 0.00656. The Morgan fingerprint density at radius 3 is 2.39 bits per heavy atom. The van der Waals surface area contributed by atoms with Crippen LogP contribution in [0.2, 0.25) is 0 Å². The van der Waals surface area contributed by atoms with Crippen LogP contribution < -0.4 is 5.32 Å². The molecule has 2 N–H and O–H groups in total. The van der Waals surface area contributed by atoms with Crippen molar-refractivity contribution in [2.75, 3.05) is 26.3 Å². The molecule has 1 saturated heterocycles. The zero-order chi connectivity index (χ0) is 16.1. The van der Waals surface area contributed by atoms with Crippen molar-refractivity contribution in [3.63, 3.8) is 0 Å². The van der Waals surface area contributed by atoms with Gasteiger partial charge in [0.15, 0.2) is 0 Å². The molecule has 0 radical (unpaired) electrons. The first-order chi connectivity index (χ1) is 11.2. The van der Waals surface area contributed by atoms with Crippen LogP contribution in [0.1, 0.15) is 44.2 Å². The van der Waals surface area contributed by atoms with Crippen molar-refractivity contribution in [1.82, 2.24) is 10.2 Å². The summed E-state index contributed by atoms with van der Waals surface area (Å²) in [6, 6.07) is 12.1. The molecule has 128 valence electrons. The Balaban J connectivity index is 1.69. The molecule has 2 unspecified atom stereocenters. The van der Waals surface area contributed by atoms with E-state index in [0.29, 0.717) is 18.1 Å². The van der Waals surface area contributed by atoms with Gasteiger partial charge in [0.25, 0.3) is 0 Å². The molecule has 1 aromatic rings. The lowest BCUT2D eigenvalue weighted by atomic mass is 9.91. The number of hydrogen-bond acceptors (Lipinski definition) is 4. The lowest BCUT2D eigenvalue weighted by Crippen LogP contribution is -2.50. The van der Waals surface area contributed by atoms with Gasteiger partial charge in [-0.05, 0) is 38.2 Å². The van der Waals surface area contributed by atoms with Gasteiger partial charge in [-0.2, -0.15) is 0 Å². The molecular weight excluding hydrogens is 288 g/mol. The fourth-order valence-corrected chi connectivity index (χ4v) is 4.03. The largest absolute Gasteiger partial charge is 0.393 e. The zero-order valence-electron chi connectivity index (χ0n) is 14.2.